The molecule has 0 fully saturated rings. The minimum absolute atomic E-state index is 0.921. The highest BCUT2D eigenvalue weighted by atomic mass is 28.3. The average molecular weight is 547 g/mol. The summed E-state index contributed by atoms with van der Waals surface area (Å²) in [6, 6.07) is 42.1. The highest BCUT2D eigenvalue weighted by Crippen LogP contribution is 2.59. The third kappa shape index (κ3) is 5.52. The van der Waals surface area contributed by atoms with Crippen LogP contribution < -0.4 is 0 Å². The molecule has 0 saturated heterocycles. The molecule has 0 saturated carbocycles. The van der Waals surface area contributed by atoms with Gasteiger partial charge < -0.3 is 0 Å². The van der Waals surface area contributed by atoms with Gasteiger partial charge in [-0.05, 0) is 80.1 Å². The Morgan fingerprint density at radius 3 is 1.17 bits per heavy atom. The Labute approximate surface area is 247 Å². The van der Waals surface area contributed by atoms with Crippen LogP contribution in [0.1, 0.15) is 72.9 Å². The van der Waals surface area contributed by atoms with E-state index >= 15 is 0 Å². The summed E-state index contributed by atoms with van der Waals surface area (Å²) in [6.45, 7) is 4.65. The number of benzene rings is 4. The predicted octanol–water partition coefficient (Wildman–Crippen LogP) is 10.3. The van der Waals surface area contributed by atoms with Crippen molar-refractivity contribution in [3.05, 3.63) is 143 Å². The quantitative estimate of drug-likeness (QED) is 0.137. The molecular formula is C40H38Si. The molecule has 1 heterocycles. The van der Waals surface area contributed by atoms with Crippen molar-refractivity contribution < 1.29 is 0 Å². The van der Waals surface area contributed by atoms with Gasteiger partial charge in [0.25, 0.3) is 0 Å². The van der Waals surface area contributed by atoms with Gasteiger partial charge in [0.15, 0.2) is 0 Å². The maximum Gasteiger partial charge on any atom is 0.121 e. The van der Waals surface area contributed by atoms with Gasteiger partial charge >= 0.3 is 0 Å². The summed E-state index contributed by atoms with van der Waals surface area (Å²) in [6.07, 6.45) is 16.4. The highest BCUT2D eigenvalue weighted by Gasteiger charge is 2.49. The maximum absolute atomic E-state index is 5.80. The van der Waals surface area contributed by atoms with Crippen LogP contribution in [0.4, 0.5) is 0 Å². The van der Waals surface area contributed by atoms with Gasteiger partial charge in [0.1, 0.15) is 8.07 Å². The molecule has 0 spiro atoms. The molecule has 0 radical (unpaired) electrons. The van der Waals surface area contributed by atoms with Crippen LogP contribution in [0.5, 0.6) is 0 Å². The Morgan fingerprint density at radius 2 is 0.854 bits per heavy atom. The van der Waals surface area contributed by atoms with Crippen molar-refractivity contribution in [2.75, 3.05) is 0 Å². The fourth-order valence-electron chi connectivity index (χ4n) is 6.53. The highest BCUT2D eigenvalue weighted by molar-refractivity contribution is 7.14. The molecule has 41 heavy (non-hydrogen) atoms. The van der Waals surface area contributed by atoms with Gasteiger partial charge in [-0.25, -0.2) is 0 Å². The molecule has 0 aliphatic carbocycles. The molecule has 4 aromatic carbocycles. The SMILES string of the molecule is C#Cc1ccc(C2=C(c3ccccc3)C(c3ccccc3)=C(c3ccc(C#C)cc3)[Si]2(CCCC)CCCC)cc1. The Kier molecular flexibility index (Phi) is 8.89. The third-order valence-corrected chi connectivity index (χ3v) is 13.8. The first-order valence-electron chi connectivity index (χ1n) is 14.9. The van der Waals surface area contributed by atoms with E-state index in [0.717, 1.165) is 11.1 Å². The predicted molar refractivity (Wildman–Crippen MR) is 180 cm³/mol. The van der Waals surface area contributed by atoms with Crippen LogP contribution in [-0.4, -0.2) is 8.07 Å². The largest absolute Gasteiger partial charge is 0.121 e. The van der Waals surface area contributed by atoms with Gasteiger partial charge in [-0.15, -0.1) is 12.8 Å². The van der Waals surface area contributed by atoms with Crippen molar-refractivity contribution >= 4 is 29.6 Å². The molecule has 0 aromatic heterocycles. The molecule has 5 rings (SSSR count). The van der Waals surface area contributed by atoms with Crippen molar-refractivity contribution in [2.24, 2.45) is 0 Å². The summed E-state index contributed by atoms with van der Waals surface area (Å²) in [5, 5.41) is 3.12. The topological polar surface area (TPSA) is 0 Å². The minimum Gasteiger partial charge on any atom is -0.115 e. The number of terminal acetylenes is 2. The number of hydrogen-bond acceptors (Lipinski definition) is 0. The van der Waals surface area contributed by atoms with E-state index in [9.17, 15) is 0 Å². The number of allylic oxidation sites excluding steroid dienone is 2. The Hall–Kier alpha value is -4.30. The van der Waals surface area contributed by atoms with E-state index in [4.69, 9.17) is 12.8 Å². The lowest BCUT2D eigenvalue weighted by Crippen LogP contribution is -2.37. The van der Waals surface area contributed by atoms with E-state index in [2.05, 4.69) is 135 Å². The van der Waals surface area contributed by atoms with Gasteiger partial charge in [-0.2, -0.15) is 0 Å². The Bertz CT molecular complexity index is 1490. The van der Waals surface area contributed by atoms with Crippen LogP contribution in [0.15, 0.2) is 109 Å². The number of hydrogen-bond donors (Lipinski definition) is 0. The molecule has 1 aliphatic heterocycles. The van der Waals surface area contributed by atoms with Crippen molar-refractivity contribution in [3.8, 4) is 24.7 Å². The lowest BCUT2D eigenvalue weighted by molar-refractivity contribution is 0.839. The Balaban J connectivity index is 1.96. The first kappa shape index (κ1) is 28.2. The summed E-state index contributed by atoms with van der Waals surface area (Å²) in [5.74, 6) is 5.65. The van der Waals surface area contributed by atoms with E-state index in [-0.39, 0.29) is 0 Å². The van der Waals surface area contributed by atoms with Crippen molar-refractivity contribution in [3.63, 3.8) is 0 Å². The van der Waals surface area contributed by atoms with Gasteiger partial charge in [0.2, 0.25) is 0 Å². The Morgan fingerprint density at radius 1 is 0.488 bits per heavy atom. The second-order valence-corrected chi connectivity index (χ2v) is 15.1. The lowest BCUT2D eigenvalue weighted by Gasteiger charge is -2.35. The van der Waals surface area contributed by atoms with Gasteiger partial charge in [-0.3, -0.25) is 0 Å². The first-order valence-corrected chi connectivity index (χ1v) is 17.3. The van der Waals surface area contributed by atoms with Gasteiger partial charge in [-0.1, -0.05) is 136 Å². The monoisotopic (exact) mass is 546 g/mol. The first-order chi connectivity index (χ1) is 20.2. The molecular weight excluding hydrogens is 509 g/mol. The van der Waals surface area contributed by atoms with Crippen LogP contribution in [0.2, 0.25) is 12.1 Å². The summed E-state index contributed by atoms with van der Waals surface area (Å²) in [4.78, 5) is 0. The molecule has 4 aromatic rings. The molecule has 0 bridgehead atoms. The zero-order valence-electron chi connectivity index (χ0n) is 24.3. The fourth-order valence-corrected chi connectivity index (χ4v) is 12.9. The van der Waals surface area contributed by atoms with Crippen molar-refractivity contribution in [1.82, 2.24) is 0 Å². The molecule has 0 unspecified atom stereocenters. The molecule has 1 aliphatic rings. The van der Waals surface area contributed by atoms with Crippen LogP contribution in [0, 0.1) is 24.7 Å². The average Bonchev–Trinajstić information content (AvgIpc) is 3.34. The second-order valence-electron chi connectivity index (χ2n) is 11.0. The number of unbranched alkanes of at least 4 members (excludes halogenated alkanes) is 2. The zero-order chi connectivity index (χ0) is 28.7. The van der Waals surface area contributed by atoms with E-state index in [1.165, 1.54) is 71.2 Å². The maximum atomic E-state index is 5.80. The van der Waals surface area contributed by atoms with Gasteiger partial charge in [0, 0.05) is 11.1 Å². The molecule has 0 N–H and O–H groups in total. The third-order valence-electron chi connectivity index (χ3n) is 8.43. The summed E-state index contributed by atoms with van der Waals surface area (Å²) >= 11 is 0. The van der Waals surface area contributed by atoms with Crippen LogP contribution in [-0.2, 0) is 0 Å². The van der Waals surface area contributed by atoms with Crippen LogP contribution >= 0.6 is 0 Å². The smallest absolute Gasteiger partial charge is 0.115 e. The molecule has 1 heteroatoms. The minimum atomic E-state index is -2.31. The molecule has 0 nitrogen and oxygen atoms in total. The summed E-state index contributed by atoms with van der Waals surface area (Å²) in [7, 11) is -2.31. The van der Waals surface area contributed by atoms with Crippen LogP contribution in [0.3, 0.4) is 0 Å². The normalized spacial score (nSPS) is 14.1. The van der Waals surface area contributed by atoms with Crippen molar-refractivity contribution in [2.45, 2.75) is 51.6 Å². The second kappa shape index (κ2) is 12.9. The standard InChI is InChI=1S/C40H38Si/c1-5-9-29-41(30-10-6-2)39(35-25-21-31(7-3)22-26-35)37(33-17-13-11-14-18-33)38(34-19-15-12-16-20-34)40(41)36-27-23-32(8-4)24-28-36/h3-4,11-28H,5-6,9-10,29-30H2,1-2H3. The molecule has 0 atom stereocenters. The lowest BCUT2D eigenvalue weighted by atomic mass is 9.89. The van der Waals surface area contributed by atoms with Crippen LogP contribution in [0.25, 0.3) is 21.5 Å². The van der Waals surface area contributed by atoms with E-state index in [0.29, 0.717) is 0 Å². The van der Waals surface area contributed by atoms with E-state index in [1.54, 1.807) is 10.4 Å². The molecule has 0 amide bonds. The zero-order valence-corrected chi connectivity index (χ0v) is 25.3. The van der Waals surface area contributed by atoms with E-state index < -0.39 is 8.07 Å². The van der Waals surface area contributed by atoms with Crippen molar-refractivity contribution in [1.29, 1.82) is 0 Å². The van der Waals surface area contributed by atoms with E-state index in [1.807, 2.05) is 0 Å². The fraction of sp³-hybridized carbons (Fsp3) is 0.200. The molecule has 202 valence electrons. The number of rotatable bonds is 10. The summed E-state index contributed by atoms with van der Waals surface area (Å²) < 4.78 is 0. The summed E-state index contributed by atoms with van der Waals surface area (Å²) in [5.41, 5.74) is 9.80. The van der Waals surface area contributed by atoms with Gasteiger partial charge in [0.05, 0.1) is 0 Å².